The van der Waals surface area contributed by atoms with Crippen LogP contribution in [-0.2, 0) is 0 Å². The molecule has 1 atom stereocenters. The third-order valence-electron chi connectivity index (χ3n) is 2.71. The normalized spacial score (nSPS) is 12.2. The maximum atomic E-state index is 9.84. The van der Waals surface area contributed by atoms with Crippen LogP contribution in [0.4, 0.5) is 0 Å². The van der Waals surface area contributed by atoms with Crippen LogP contribution in [0.2, 0.25) is 0 Å². The fraction of sp³-hybridized carbons (Fsp3) is 0.200. The van der Waals surface area contributed by atoms with Crippen LogP contribution >= 0.6 is 27.7 Å². The number of halogens is 1. The van der Waals surface area contributed by atoms with Gasteiger partial charge in [-0.15, -0.1) is 0 Å². The number of hydrogen-bond acceptors (Lipinski definition) is 3. The molecule has 0 aliphatic heterocycles. The molecular weight excluding hydrogens is 324 g/mol. The molecule has 0 saturated carbocycles. The summed E-state index contributed by atoms with van der Waals surface area (Å²) in [6.07, 6.45) is -0.488. The summed E-state index contributed by atoms with van der Waals surface area (Å²) >= 11 is 5.07. The van der Waals surface area contributed by atoms with E-state index < -0.39 is 6.10 Å². The average Bonchev–Trinajstić information content (AvgIpc) is 2.41. The van der Waals surface area contributed by atoms with Crippen LogP contribution in [0.1, 0.15) is 18.6 Å². The molecule has 100 valence electrons. The van der Waals surface area contributed by atoms with Gasteiger partial charge in [0.2, 0.25) is 0 Å². The van der Waals surface area contributed by atoms with E-state index in [4.69, 9.17) is 4.74 Å². The predicted molar refractivity (Wildman–Crippen MR) is 81.9 cm³/mol. The fourth-order valence-electron chi connectivity index (χ4n) is 1.71. The summed E-state index contributed by atoms with van der Waals surface area (Å²) in [4.78, 5) is 2.17. The summed E-state index contributed by atoms with van der Waals surface area (Å²) in [6, 6.07) is 13.8. The highest BCUT2D eigenvalue weighted by atomic mass is 79.9. The number of aliphatic hydroxyl groups is 1. The summed E-state index contributed by atoms with van der Waals surface area (Å²) in [6.45, 7) is 1.78. The molecular formula is C15H15BrO2S. The Morgan fingerprint density at radius 2 is 1.84 bits per heavy atom. The highest BCUT2D eigenvalue weighted by molar-refractivity contribution is 9.10. The van der Waals surface area contributed by atoms with Crippen molar-refractivity contribution in [2.45, 2.75) is 22.8 Å². The van der Waals surface area contributed by atoms with Gasteiger partial charge in [-0.3, -0.25) is 0 Å². The number of hydrogen-bond donors (Lipinski definition) is 1. The SMILES string of the molecule is COc1ccc(Sc2ccc(Br)cc2C(C)O)cc1. The number of ether oxygens (including phenoxy) is 1. The van der Waals surface area contributed by atoms with Crippen LogP contribution in [0.15, 0.2) is 56.7 Å². The number of methoxy groups -OCH3 is 1. The molecule has 0 aliphatic carbocycles. The van der Waals surface area contributed by atoms with Crippen molar-refractivity contribution in [2.75, 3.05) is 7.11 Å². The Bertz CT molecular complexity index is 553. The van der Waals surface area contributed by atoms with Crippen molar-refractivity contribution in [3.63, 3.8) is 0 Å². The minimum Gasteiger partial charge on any atom is -0.497 e. The van der Waals surface area contributed by atoms with Crippen LogP contribution in [0.5, 0.6) is 5.75 Å². The van der Waals surface area contributed by atoms with Gasteiger partial charge in [-0.05, 0) is 55.0 Å². The minimum absolute atomic E-state index is 0.488. The monoisotopic (exact) mass is 338 g/mol. The van der Waals surface area contributed by atoms with E-state index in [0.717, 1.165) is 25.6 Å². The van der Waals surface area contributed by atoms with Gasteiger partial charge in [-0.2, -0.15) is 0 Å². The smallest absolute Gasteiger partial charge is 0.118 e. The van der Waals surface area contributed by atoms with E-state index in [1.807, 2.05) is 42.5 Å². The van der Waals surface area contributed by atoms with Crippen molar-refractivity contribution in [2.24, 2.45) is 0 Å². The summed E-state index contributed by atoms with van der Waals surface area (Å²) in [7, 11) is 1.66. The predicted octanol–water partition coefficient (Wildman–Crippen LogP) is 4.66. The quantitative estimate of drug-likeness (QED) is 0.878. The van der Waals surface area contributed by atoms with E-state index in [0.29, 0.717) is 0 Å². The number of aliphatic hydroxyl groups excluding tert-OH is 1. The third-order valence-corrected chi connectivity index (χ3v) is 4.30. The highest BCUT2D eigenvalue weighted by Crippen LogP contribution is 2.35. The lowest BCUT2D eigenvalue weighted by Gasteiger charge is -2.12. The summed E-state index contributed by atoms with van der Waals surface area (Å²) in [5.74, 6) is 0.843. The second-order valence-electron chi connectivity index (χ2n) is 4.14. The maximum absolute atomic E-state index is 9.84. The summed E-state index contributed by atoms with van der Waals surface area (Å²) < 4.78 is 6.12. The Balaban J connectivity index is 2.26. The molecule has 1 N–H and O–H groups in total. The van der Waals surface area contributed by atoms with Crippen LogP contribution < -0.4 is 4.74 Å². The second-order valence-corrected chi connectivity index (χ2v) is 6.17. The molecule has 0 spiro atoms. The molecule has 0 bridgehead atoms. The molecule has 0 saturated heterocycles. The van der Waals surface area contributed by atoms with E-state index >= 15 is 0 Å². The minimum atomic E-state index is -0.488. The molecule has 19 heavy (non-hydrogen) atoms. The van der Waals surface area contributed by atoms with Gasteiger partial charge in [0.15, 0.2) is 0 Å². The van der Waals surface area contributed by atoms with Crippen molar-refractivity contribution in [1.82, 2.24) is 0 Å². The Kier molecular flexibility index (Phi) is 4.91. The lowest BCUT2D eigenvalue weighted by Crippen LogP contribution is -1.94. The van der Waals surface area contributed by atoms with Gasteiger partial charge in [0.25, 0.3) is 0 Å². The van der Waals surface area contributed by atoms with Gasteiger partial charge in [0, 0.05) is 14.3 Å². The molecule has 2 aromatic carbocycles. The summed E-state index contributed by atoms with van der Waals surface area (Å²) in [5.41, 5.74) is 0.926. The molecule has 0 radical (unpaired) electrons. The second kappa shape index (κ2) is 6.46. The van der Waals surface area contributed by atoms with E-state index in [2.05, 4.69) is 15.9 Å². The van der Waals surface area contributed by atoms with Crippen LogP contribution in [0, 0.1) is 0 Å². The van der Waals surface area contributed by atoms with E-state index in [1.54, 1.807) is 25.8 Å². The highest BCUT2D eigenvalue weighted by Gasteiger charge is 2.10. The maximum Gasteiger partial charge on any atom is 0.118 e. The van der Waals surface area contributed by atoms with Gasteiger partial charge in [0.05, 0.1) is 13.2 Å². The van der Waals surface area contributed by atoms with Crippen LogP contribution in [-0.4, -0.2) is 12.2 Å². The van der Waals surface area contributed by atoms with E-state index in [-0.39, 0.29) is 0 Å². The van der Waals surface area contributed by atoms with Gasteiger partial charge >= 0.3 is 0 Å². The van der Waals surface area contributed by atoms with Crippen molar-refractivity contribution in [3.05, 3.63) is 52.5 Å². The van der Waals surface area contributed by atoms with Gasteiger partial charge in [-0.1, -0.05) is 27.7 Å². The zero-order chi connectivity index (χ0) is 13.8. The first kappa shape index (κ1) is 14.4. The van der Waals surface area contributed by atoms with Crippen LogP contribution in [0.25, 0.3) is 0 Å². The third kappa shape index (κ3) is 3.75. The first-order valence-corrected chi connectivity index (χ1v) is 7.50. The Hall–Kier alpha value is -0.970. The fourth-order valence-corrected chi connectivity index (χ4v) is 3.10. The average molecular weight is 339 g/mol. The molecule has 0 aromatic heterocycles. The zero-order valence-electron chi connectivity index (χ0n) is 10.8. The Morgan fingerprint density at radius 3 is 2.42 bits per heavy atom. The Labute approximate surface area is 125 Å². The lowest BCUT2D eigenvalue weighted by molar-refractivity contribution is 0.196. The molecule has 0 heterocycles. The molecule has 4 heteroatoms. The molecule has 0 fully saturated rings. The van der Waals surface area contributed by atoms with Gasteiger partial charge in [-0.25, -0.2) is 0 Å². The zero-order valence-corrected chi connectivity index (χ0v) is 13.2. The van der Waals surface area contributed by atoms with E-state index in [1.165, 1.54) is 0 Å². The van der Waals surface area contributed by atoms with E-state index in [9.17, 15) is 5.11 Å². The molecule has 2 rings (SSSR count). The number of rotatable bonds is 4. The standard InChI is InChI=1S/C15H15BrO2S/c1-10(17)14-9-11(16)3-8-15(14)19-13-6-4-12(18-2)5-7-13/h3-10,17H,1-2H3. The molecule has 0 aliphatic rings. The molecule has 1 unspecified atom stereocenters. The largest absolute Gasteiger partial charge is 0.497 e. The van der Waals surface area contributed by atoms with Crippen molar-refractivity contribution >= 4 is 27.7 Å². The topological polar surface area (TPSA) is 29.5 Å². The molecule has 0 amide bonds. The van der Waals surface area contributed by atoms with Gasteiger partial charge < -0.3 is 9.84 Å². The molecule has 2 aromatic rings. The van der Waals surface area contributed by atoms with Crippen molar-refractivity contribution in [3.8, 4) is 5.75 Å². The van der Waals surface area contributed by atoms with Gasteiger partial charge in [0.1, 0.15) is 5.75 Å². The molecule has 2 nitrogen and oxygen atoms in total. The Morgan fingerprint density at radius 1 is 1.16 bits per heavy atom. The van der Waals surface area contributed by atoms with Crippen molar-refractivity contribution < 1.29 is 9.84 Å². The first-order valence-electron chi connectivity index (χ1n) is 5.89. The summed E-state index contributed by atoms with van der Waals surface area (Å²) in [5, 5.41) is 9.84. The first-order chi connectivity index (χ1) is 9.10. The lowest BCUT2D eigenvalue weighted by atomic mass is 10.1. The van der Waals surface area contributed by atoms with Crippen molar-refractivity contribution in [1.29, 1.82) is 0 Å². The number of benzene rings is 2. The van der Waals surface area contributed by atoms with Crippen LogP contribution in [0.3, 0.4) is 0 Å².